The van der Waals surface area contributed by atoms with Crippen molar-refractivity contribution >= 4 is 15.8 Å². The number of aryl methyl sites for hydroxylation is 1. The first kappa shape index (κ1) is 21.0. The van der Waals surface area contributed by atoms with Crippen molar-refractivity contribution in [2.75, 3.05) is 25.5 Å². The molecule has 2 atom stereocenters. The molecule has 3 heterocycles. The summed E-state index contributed by atoms with van der Waals surface area (Å²) in [5.41, 5.74) is 1.06. The standard InChI is InChI=1S/C21H26FN3O4S/c1-14-8-21(23-10-15-6-7-16(28-2)9-19(15)22)24-11-20(14)30(26,27)25-12-17-4-3-5-18(13-25)29-17/h6-9,11,17-18H,3-5,10,12-13H2,1-2H3,(H,23,24). The van der Waals surface area contributed by atoms with Gasteiger partial charge in [0.25, 0.3) is 0 Å². The van der Waals surface area contributed by atoms with Crippen molar-refractivity contribution in [3.63, 3.8) is 0 Å². The summed E-state index contributed by atoms with van der Waals surface area (Å²) >= 11 is 0. The number of hydrogen-bond acceptors (Lipinski definition) is 6. The Morgan fingerprint density at radius 3 is 2.63 bits per heavy atom. The fraction of sp³-hybridized carbons (Fsp3) is 0.476. The maximum absolute atomic E-state index is 14.1. The molecule has 2 aliphatic rings. The van der Waals surface area contributed by atoms with Crippen molar-refractivity contribution < 1.29 is 22.3 Å². The zero-order valence-corrected chi connectivity index (χ0v) is 17.9. The highest BCUT2D eigenvalue weighted by atomic mass is 32.2. The molecule has 0 saturated carbocycles. The van der Waals surface area contributed by atoms with Gasteiger partial charge in [-0.1, -0.05) is 6.07 Å². The van der Waals surface area contributed by atoms with Crippen molar-refractivity contribution in [1.29, 1.82) is 0 Å². The number of nitrogens with zero attached hydrogens (tertiary/aromatic N) is 2. The van der Waals surface area contributed by atoms with E-state index in [2.05, 4.69) is 10.3 Å². The Labute approximate surface area is 176 Å². The first-order chi connectivity index (χ1) is 14.4. The fourth-order valence-electron chi connectivity index (χ4n) is 4.01. The Balaban J connectivity index is 1.47. The third-order valence-electron chi connectivity index (χ3n) is 5.65. The highest BCUT2D eigenvalue weighted by Gasteiger charge is 2.38. The number of morpholine rings is 1. The number of rotatable bonds is 6. The van der Waals surface area contributed by atoms with E-state index in [0.29, 0.717) is 35.8 Å². The molecule has 2 unspecified atom stereocenters. The zero-order valence-electron chi connectivity index (χ0n) is 17.1. The number of aromatic nitrogens is 1. The molecular formula is C21H26FN3O4S. The summed E-state index contributed by atoms with van der Waals surface area (Å²) in [6.45, 7) is 2.74. The van der Waals surface area contributed by atoms with Gasteiger partial charge in [-0.05, 0) is 43.9 Å². The number of nitrogens with one attached hydrogen (secondary N) is 1. The van der Waals surface area contributed by atoms with Crippen LogP contribution in [0.3, 0.4) is 0 Å². The molecule has 0 aliphatic carbocycles. The number of pyridine rings is 1. The number of ether oxygens (including phenoxy) is 2. The van der Waals surface area contributed by atoms with Crippen LogP contribution in [-0.4, -0.2) is 50.1 Å². The molecule has 2 aromatic rings. The topological polar surface area (TPSA) is 80.8 Å². The zero-order chi connectivity index (χ0) is 21.3. The molecule has 2 fully saturated rings. The Bertz CT molecular complexity index is 1020. The van der Waals surface area contributed by atoms with Crippen LogP contribution in [0.4, 0.5) is 10.2 Å². The molecule has 2 saturated heterocycles. The summed E-state index contributed by atoms with van der Waals surface area (Å²) in [5, 5.41) is 3.05. The number of sulfonamides is 1. The van der Waals surface area contributed by atoms with E-state index in [9.17, 15) is 12.8 Å². The highest BCUT2D eigenvalue weighted by Crippen LogP contribution is 2.30. The average molecular weight is 436 g/mol. The van der Waals surface area contributed by atoms with E-state index in [0.717, 1.165) is 19.3 Å². The van der Waals surface area contributed by atoms with Gasteiger partial charge in [0.1, 0.15) is 22.3 Å². The van der Waals surface area contributed by atoms with Gasteiger partial charge in [-0.3, -0.25) is 0 Å². The summed E-state index contributed by atoms with van der Waals surface area (Å²) in [5.74, 6) is 0.559. The lowest BCUT2D eigenvalue weighted by Crippen LogP contribution is -2.51. The van der Waals surface area contributed by atoms with Gasteiger partial charge in [0.05, 0.1) is 19.3 Å². The first-order valence-electron chi connectivity index (χ1n) is 10.1. The molecule has 1 N–H and O–H groups in total. The van der Waals surface area contributed by atoms with Gasteiger partial charge in [0.2, 0.25) is 10.0 Å². The molecule has 162 valence electrons. The van der Waals surface area contributed by atoms with Gasteiger partial charge in [-0.25, -0.2) is 17.8 Å². The summed E-state index contributed by atoms with van der Waals surface area (Å²) in [4.78, 5) is 4.45. The molecular weight excluding hydrogens is 409 g/mol. The Morgan fingerprint density at radius 2 is 2.00 bits per heavy atom. The molecule has 9 heteroatoms. The molecule has 1 aromatic carbocycles. The lowest BCUT2D eigenvalue weighted by atomic mass is 10.0. The second kappa shape index (κ2) is 8.49. The summed E-state index contributed by atoms with van der Waals surface area (Å²) in [7, 11) is -2.16. The van der Waals surface area contributed by atoms with Crippen LogP contribution in [0.2, 0.25) is 0 Å². The van der Waals surface area contributed by atoms with Crippen LogP contribution in [0.5, 0.6) is 5.75 Å². The third kappa shape index (κ3) is 4.28. The van der Waals surface area contributed by atoms with Gasteiger partial charge in [0.15, 0.2) is 0 Å². The van der Waals surface area contributed by atoms with Gasteiger partial charge < -0.3 is 14.8 Å². The van der Waals surface area contributed by atoms with Gasteiger partial charge in [-0.2, -0.15) is 4.31 Å². The predicted octanol–water partition coefficient (Wildman–Crippen LogP) is 3.09. The number of halogens is 1. The van der Waals surface area contributed by atoms with Crippen molar-refractivity contribution in [3.05, 3.63) is 47.4 Å². The number of fused-ring (bicyclic) bond motifs is 2. The van der Waals surface area contributed by atoms with E-state index in [1.165, 1.54) is 23.7 Å². The molecule has 2 aliphatic heterocycles. The lowest BCUT2D eigenvalue weighted by Gasteiger charge is -2.40. The third-order valence-corrected chi connectivity index (χ3v) is 7.61. The van der Waals surface area contributed by atoms with E-state index >= 15 is 0 Å². The molecule has 2 bridgehead atoms. The monoisotopic (exact) mass is 435 g/mol. The van der Waals surface area contributed by atoms with Crippen LogP contribution in [0, 0.1) is 12.7 Å². The minimum atomic E-state index is -3.64. The number of anilines is 1. The van der Waals surface area contributed by atoms with E-state index in [1.54, 1.807) is 25.1 Å². The molecule has 1 aromatic heterocycles. The number of hydrogen-bond donors (Lipinski definition) is 1. The van der Waals surface area contributed by atoms with Crippen LogP contribution in [0.25, 0.3) is 0 Å². The molecule has 30 heavy (non-hydrogen) atoms. The SMILES string of the molecule is COc1ccc(CNc2cc(C)c(S(=O)(=O)N3CC4CCCC(C3)O4)cn2)c(F)c1. The predicted molar refractivity (Wildman–Crippen MR) is 111 cm³/mol. The Kier molecular flexibility index (Phi) is 5.95. The number of methoxy groups -OCH3 is 1. The van der Waals surface area contributed by atoms with Crippen LogP contribution >= 0.6 is 0 Å². The van der Waals surface area contributed by atoms with Crippen molar-refractivity contribution in [2.45, 2.75) is 49.8 Å². The maximum Gasteiger partial charge on any atom is 0.245 e. The summed E-state index contributed by atoms with van der Waals surface area (Å²) in [6, 6.07) is 6.33. The minimum Gasteiger partial charge on any atom is -0.497 e. The van der Waals surface area contributed by atoms with Crippen LogP contribution in [0.1, 0.15) is 30.4 Å². The second-order valence-electron chi connectivity index (χ2n) is 7.78. The van der Waals surface area contributed by atoms with Gasteiger partial charge in [0, 0.05) is 37.5 Å². The van der Waals surface area contributed by atoms with E-state index in [-0.39, 0.29) is 29.5 Å². The Hall–Kier alpha value is -2.23. The molecule has 0 amide bonds. The normalized spacial score (nSPS) is 22.0. The first-order valence-corrected chi connectivity index (χ1v) is 11.5. The average Bonchev–Trinajstić information content (AvgIpc) is 2.72. The largest absolute Gasteiger partial charge is 0.497 e. The lowest BCUT2D eigenvalue weighted by molar-refractivity contribution is -0.0936. The van der Waals surface area contributed by atoms with E-state index in [1.807, 2.05) is 0 Å². The van der Waals surface area contributed by atoms with Crippen molar-refractivity contribution in [1.82, 2.24) is 9.29 Å². The molecule has 7 nitrogen and oxygen atoms in total. The fourth-order valence-corrected chi connectivity index (χ4v) is 5.66. The highest BCUT2D eigenvalue weighted by molar-refractivity contribution is 7.89. The minimum absolute atomic E-state index is 0.0270. The van der Waals surface area contributed by atoms with Gasteiger partial charge >= 0.3 is 0 Å². The van der Waals surface area contributed by atoms with E-state index in [4.69, 9.17) is 9.47 Å². The van der Waals surface area contributed by atoms with Crippen LogP contribution in [-0.2, 0) is 21.3 Å². The number of benzene rings is 1. The molecule has 0 radical (unpaired) electrons. The van der Waals surface area contributed by atoms with Gasteiger partial charge in [-0.15, -0.1) is 0 Å². The summed E-state index contributed by atoms with van der Waals surface area (Å²) < 4.78 is 52.9. The van der Waals surface area contributed by atoms with Crippen LogP contribution in [0.15, 0.2) is 35.4 Å². The van der Waals surface area contributed by atoms with E-state index < -0.39 is 10.0 Å². The summed E-state index contributed by atoms with van der Waals surface area (Å²) in [6.07, 6.45) is 4.19. The quantitative estimate of drug-likeness (QED) is 0.751. The second-order valence-corrected chi connectivity index (χ2v) is 9.69. The van der Waals surface area contributed by atoms with Crippen molar-refractivity contribution in [2.24, 2.45) is 0 Å². The smallest absolute Gasteiger partial charge is 0.245 e. The van der Waals surface area contributed by atoms with Crippen LogP contribution < -0.4 is 10.1 Å². The molecule has 4 rings (SSSR count). The Morgan fingerprint density at radius 1 is 1.27 bits per heavy atom. The van der Waals surface area contributed by atoms with Crippen molar-refractivity contribution in [3.8, 4) is 5.75 Å². The maximum atomic E-state index is 14.1. The molecule has 0 spiro atoms.